The van der Waals surface area contributed by atoms with Crippen LogP contribution in [0.25, 0.3) is 0 Å². The van der Waals surface area contributed by atoms with Crippen LogP contribution in [0.2, 0.25) is 0 Å². The van der Waals surface area contributed by atoms with Gasteiger partial charge in [-0.15, -0.1) is 0 Å². The molecule has 2 N–H and O–H groups in total. The summed E-state index contributed by atoms with van der Waals surface area (Å²) in [6, 6.07) is 1.06. The summed E-state index contributed by atoms with van der Waals surface area (Å²) < 4.78 is 0. The lowest BCUT2D eigenvalue weighted by molar-refractivity contribution is 0.113. The van der Waals surface area contributed by atoms with E-state index >= 15 is 0 Å². The third kappa shape index (κ3) is 3.18. The lowest BCUT2D eigenvalue weighted by Crippen LogP contribution is -2.44. The smallest absolute Gasteiger partial charge is 0.0693 e. The molecule has 0 aromatic carbocycles. The molecule has 0 aliphatic heterocycles. The molecule has 2 aliphatic carbocycles. The quantitative estimate of drug-likeness (QED) is 0.688. The molecule has 88 valence electrons. The molecule has 0 saturated heterocycles. The molecule has 0 heterocycles. The zero-order chi connectivity index (χ0) is 10.7. The summed E-state index contributed by atoms with van der Waals surface area (Å²) in [6.45, 7) is 2.34. The summed E-state index contributed by atoms with van der Waals surface area (Å²) in [5.41, 5.74) is 0. The van der Waals surface area contributed by atoms with E-state index in [0.29, 0.717) is 12.1 Å². The first-order valence-electron chi connectivity index (χ1n) is 6.70. The highest BCUT2D eigenvalue weighted by molar-refractivity contribution is 4.86. The first kappa shape index (κ1) is 11.4. The molecular formula is C13H25NO. The maximum Gasteiger partial charge on any atom is 0.0693 e. The van der Waals surface area contributed by atoms with E-state index in [1.54, 1.807) is 0 Å². The lowest BCUT2D eigenvalue weighted by Gasteiger charge is -2.25. The van der Waals surface area contributed by atoms with Crippen molar-refractivity contribution in [1.29, 1.82) is 0 Å². The van der Waals surface area contributed by atoms with Gasteiger partial charge in [-0.1, -0.05) is 26.2 Å². The van der Waals surface area contributed by atoms with E-state index < -0.39 is 0 Å². The van der Waals surface area contributed by atoms with Crippen molar-refractivity contribution in [2.45, 2.75) is 76.5 Å². The van der Waals surface area contributed by atoms with Crippen LogP contribution in [0.15, 0.2) is 0 Å². The Balaban J connectivity index is 1.81. The molecule has 2 rings (SSSR count). The molecule has 4 unspecified atom stereocenters. The van der Waals surface area contributed by atoms with Crippen LogP contribution in [-0.4, -0.2) is 23.3 Å². The van der Waals surface area contributed by atoms with Crippen LogP contribution >= 0.6 is 0 Å². The fourth-order valence-corrected chi connectivity index (χ4v) is 3.14. The summed E-state index contributed by atoms with van der Waals surface area (Å²) in [5, 5.41) is 13.7. The Bertz CT molecular complexity index is 195. The molecule has 4 atom stereocenters. The molecule has 2 heteroatoms. The van der Waals surface area contributed by atoms with Gasteiger partial charge in [-0.2, -0.15) is 0 Å². The van der Waals surface area contributed by atoms with Gasteiger partial charge in [0.1, 0.15) is 0 Å². The van der Waals surface area contributed by atoms with Crippen molar-refractivity contribution in [3.8, 4) is 0 Å². The van der Waals surface area contributed by atoms with Crippen molar-refractivity contribution in [3.63, 3.8) is 0 Å². The van der Waals surface area contributed by atoms with E-state index in [9.17, 15) is 5.11 Å². The minimum absolute atomic E-state index is 0.0941. The normalized spacial score (nSPS) is 42.8. The molecule has 0 radical (unpaired) electrons. The number of aliphatic hydroxyl groups is 1. The minimum atomic E-state index is -0.0941. The maximum absolute atomic E-state index is 10.0. The summed E-state index contributed by atoms with van der Waals surface area (Å²) in [7, 11) is 0. The first-order chi connectivity index (χ1) is 7.25. The van der Waals surface area contributed by atoms with Gasteiger partial charge in [0.2, 0.25) is 0 Å². The first-order valence-corrected chi connectivity index (χ1v) is 6.70. The number of rotatable bonds is 2. The predicted molar refractivity (Wildman–Crippen MR) is 62.8 cm³/mol. The largest absolute Gasteiger partial charge is 0.392 e. The van der Waals surface area contributed by atoms with Crippen LogP contribution in [0.3, 0.4) is 0 Å². The Morgan fingerprint density at radius 1 is 1.00 bits per heavy atom. The van der Waals surface area contributed by atoms with Gasteiger partial charge in [0.25, 0.3) is 0 Å². The SMILES string of the molecule is CC1CCC(NC2CCCCCC2O)C1. The lowest BCUT2D eigenvalue weighted by atomic mass is 10.0. The van der Waals surface area contributed by atoms with Gasteiger partial charge in [-0.25, -0.2) is 0 Å². The summed E-state index contributed by atoms with van der Waals surface area (Å²) in [4.78, 5) is 0. The van der Waals surface area contributed by atoms with E-state index in [2.05, 4.69) is 12.2 Å². The second-order valence-electron chi connectivity index (χ2n) is 5.59. The van der Waals surface area contributed by atoms with Crippen molar-refractivity contribution in [3.05, 3.63) is 0 Å². The van der Waals surface area contributed by atoms with Gasteiger partial charge < -0.3 is 10.4 Å². The van der Waals surface area contributed by atoms with E-state index in [1.807, 2.05) is 0 Å². The van der Waals surface area contributed by atoms with Crippen LogP contribution in [0.5, 0.6) is 0 Å². The molecule has 0 bridgehead atoms. The molecule has 2 nitrogen and oxygen atoms in total. The molecule has 0 spiro atoms. The maximum atomic E-state index is 10.0. The third-order valence-corrected chi connectivity index (χ3v) is 4.12. The molecule has 15 heavy (non-hydrogen) atoms. The molecule has 2 saturated carbocycles. The van der Waals surface area contributed by atoms with Crippen LogP contribution in [0.4, 0.5) is 0 Å². The fourth-order valence-electron chi connectivity index (χ4n) is 3.14. The van der Waals surface area contributed by atoms with Crippen molar-refractivity contribution in [2.75, 3.05) is 0 Å². The number of aliphatic hydroxyl groups excluding tert-OH is 1. The van der Waals surface area contributed by atoms with Gasteiger partial charge in [-0.05, 0) is 38.0 Å². The minimum Gasteiger partial charge on any atom is -0.392 e. The Kier molecular flexibility index (Phi) is 4.04. The standard InChI is InChI=1S/C13H25NO/c1-10-7-8-11(9-10)14-12-5-3-2-4-6-13(12)15/h10-15H,2-9H2,1H3. The average Bonchev–Trinajstić information content (AvgIpc) is 2.50. The zero-order valence-corrected chi connectivity index (χ0v) is 9.91. The van der Waals surface area contributed by atoms with Crippen molar-refractivity contribution < 1.29 is 5.11 Å². The Morgan fingerprint density at radius 3 is 2.53 bits per heavy atom. The van der Waals surface area contributed by atoms with E-state index in [-0.39, 0.29) is 6.10 Å². The number of nitrogens with one attached hydrogen (secondary N) is 1. The summed E-state index contributed by atoms with van der Waals surface area (Å²) >= 11 is 0. The second kappa shape index (κ2) is 5.31. The molecular weight excluding hydrogens is 186 g/mol. The van der Waals surface area contributed by atoms with E-state index in [1.165, 1.54) is 44.9 Å². The highest BCUT2D eigenvalue weighted by Crippen LogP contribution is 2.27. The topological polar surface area (TPSA) is 32.3 Å². The van der Waals surface area contributed by atoms with Crippen LogP contribution < -0.4 is 5.32 Å². The average molecular weight is 211 g/mol. The summed E-state index contributed by atoms with van der Waals surface area (Å²) in [5.74, 6) is 0.880. The van der Waals surface area contributed by atoms with Gasteiger partial charge in [0.05, 0.1) is 6.10 Å². The van der Waals surface area contributed by atoms with Gasteiger partial charge in [0.15, 0.2) is 0 Å². The molecule has 2 fully saturated rings. The van der Waals surface area contributed by atoms with Crippen LogP contribution in [-0.2, 0) is 0 Å². The van der Waals surface area contributed by atoms with Crippen LogP contribution in [0.1, 0.15) is 58.3 Å². The van der Waals surface area contributed by atoms with Gasteiger partial charge in [0, 0.05) is 12.1 Å². The van der Waals surface area contributed by atoms with E-state index in [4.69, 9.17) is 0 Å². The van der Waals surface area contributed by atoms with Crippen molar-refractivity contribution in [2.24, 2.45) is 5.92 Å². The third-order valence-electron chi connectivity index (χ3n) is 4.12. The Labute approximate surface area is 93.5 Å². The fraction of sp³-hybridized carbons (Fsp3) is 1.00. The number of hydrogen-bond acceptors (Lipinski definition) is 2. The van der Waals surface area contributed by atoms with Gasteiger partial charge >= 0.3 is 0 Å². The Morgan fingerprint density at radius 2 is 1.80 bits per heavy atom. The highest BCUT2D eigenvalue weighted by Gasteiger charge is 2.27. The molecule has 0 amide bonds. The predicted octanol–water partition coefficient (Wildman–Crippen LogP) is 2.46. The molecule has 0 aromatic heterocycles. The van der Waals surface area contributed by atoms with E-state index in [0.717, 1.165) is 12.3 Å². The van der Waals surface area contributed by atoms with Crippen LogP contribution in [0, 0.1) is 5.92 Å². The zero-order valence-electron chi connectivity index (χ0n) is 9.91. The Hall–Kier alpha value is -0.0800. The van der Waals surface area contributed by atoms with Crippen molar-refractivity contribution >= 4 is 0 Å². The summed E-state index contributed by atoms with van der Waals surface area (Å²) in [6.07, 6.45) is 9.86. The second-order valence-corrected chi connectivity index (χ2v) is 5.59. The van der Waals surface area contributed by atoms with Gasteiger partial charge in [-0.3, -0.25) is 0 Å². The molecule has 2 aliphatic rings. The van der Waals surface area contributed by atoms with Crippen molar-refractivity contribution in [1.82, 2.24) is 5.32 Å². The molecule has 0 aromatic rings. The monoisotopic (exact) mass is 211 g/mol. The highest BCUT2D eigenvalue weighted by atomic mass is 16.3. The number of hydrogen-bond donors (Lipinski definition) is 2.